The van der Waals surface area contributed by atoms with Crippen molar-refractivity contribution in [3.05, 3.63) is 60.2 Å². The van der Waals surface area contributed by atoms with E-state index in [0.717, 1.165) is 10.9 Å². The molecule has 1 atom stereocenters. The Morgan fingerprint density at radius 3 is 2.60 bits per heavy atom. The molecule has 5 rings (SSSR count). The van der Waals surface area contributed by atoms with Crippen molar-refractivity contribution in [3.8, 4) is 11.5 Å². The highest BCUT2D eigenvalue weighted by Gasteiger charge is 2.36. The van der Waals surface area contributed by atoms with Crippen LogP contribution in [0.15, 0.2) is 59.5 Å². The lowest BCUT2D eigenvalue weighted by molar-refractivity contribution is -0.120. The first kappa shape index (κ1) is 18.7. The highest BCUT2D eigenvalue weighted by molar-refractivity contribution is 7.93. The van der Waals surface area contributed by atoms with Crippen molar-refractivity contribution in [1.82, 2.24) is 5.32 Å². The summed E-state index contributed by atoms with van der Waals surface area (Å²) in [6.07, 6.45) is 0. The van der Waals surface area contributed by atoms with E-state index in [9.17, 15) is 13.2 Å². The maximum Gasteiger partial charge on any atom is 0.265 e. The van der Waals surface area contributed by atoms with Gasteiger partial charge in [0.25, 0.3) is 10.0 Å². The van der Waals surface area contributed by atoms with E-state index in [0.29, 0.717) is 35.8 Å². The number of sulfonamides is 1. The Morgan fingerprint density at radius 2 is 1.80 bits per heavy atom. The lowest BCUT2D eigenvalue weighted by Crippen LogP contribution is -2.39. The number of hydrogen-bond acceptors (Lipinski definition) is 5. The van der Waals surface area contributed by atoms with Crippen LogP contribution in [-0.4, -0.2) is 34.1 Å². The summed E-state index contributed by atoms with van der Waals surface area (Å²) >= 11 is 0. The molecule has 0 radical (unpaired) electrons. The molecule has 7 nitrogen and oxygen atoms in total. The number of nitrogens with one attached hydrogen (secondary N) is 1. The van der Waals surface area contributed by atoms with Gasteiger partial charge in [0.05, 0.1) is 16.6 Å². The van der Waals surface area contributed by atoms with E-state index in [1.165, 1.54) is 4.31 Å². The molecule has 0 fully saturated rings. The summed E-state index contributed by atoms with van der Waals surface area (Å²) in [5.74, 6) is 0.937. The predicted molar refractivity (Wildman–Crippen MR) is 112 cm³/mol. The first-order chi connectivity index (χ1) is 14.4. The maximum atomic E-state index is 13.0. The van der Waals surface area contributed by atoms with Crippen molar-refractivity contribution in [1.29, 1.82) is 0 Å². The predicted octanol–water partition coefficient (Wildman–Crippen LogP) is 3.00. The summed E-state index contributed by atoms with van der Waals surface area (Å²) in [4.78, 5) is 13.0. The van der Waals surface area contributed by atoms with E-state index in [4.69, 9.17) is 9.47 Å². The third-order valence-corrected chi connectivity index (χ3v) is 7.21. The average molecular weight is 424 g/mol. The number of hydrogen-bond donors (Lipinski definition) is 1. The van der Waals surface area contributed by atoms with Crippen molar-refractivity contribution >= 4 is 32.4 Å². The second kappa shape index (κ2) is 6.91. The van der Waals surface area contributed by atoms with Crippen LogP contribution in [0.3, 0.4) is 0 Å². The molecule has 0 aliphatic carbocycles. The molecule has 2 heterocycles. The van der Waals surface area contributed by atoms with Gasteiger partial charge in [0.1, 0.15) is 19.8 Å². The summed E-state index contributed by atoms with van der Waals surface area (Å²) in [7, 11) is -3.77. The molecule has 3 aromatic rings. The van der Waals surface area contributed by atoms with Crippen molar-refractivity contribution < 1.29 is 22.7 Å². The summed E-state index contributed by atoms with van der Waals surface area (Å²) in [5.41, 5.74) is 1.38. The zero-order valence-electron chi connectivity index (χ0n) is 16.3. The molecule has 2 aliphatic rings. The lowest BCUT2D eigenvalue weighted by atomic mass is 10.1. The summed E-state index contributed by atoms with van der Waals surface area (Å²) in [6, 6.07) is 15.7. The Bertz CT molecular complexity index is 1270. The van der Waals surface area contributed by atoms with Gasteiger partial charge in [-0.05, 0) is 42.1 Å². The number of carbonyl (C=O) groups is 1. The van der Waals surface area contributed by atoms with E-state index in [1.54, 1.807) is 24.3 Å². The molecule has 2 aliphatic heterocycles. The first-order valence-corrected chi connectivity index (χ1v) is 11.1. The number of amides is 1. The second-order valence-corrected chi connectivity index (χ2v) is 9.17. The van der Waals surface area contributed by atoms with E-state index in [1.807, 2.05) is 37.3 Å². The molecule has 0 aromatic heterocycles. The second-order valence-electron chi connectivity index (χ2n) is 7.34. The van der Waals surface area contributed by atoms with Crippen LogP contribution < -0.4 is 19.1 Å². The number of fused-ring (bicyclic) bond motifs is 1. The van der Waals surface area contributed by atoms with Crippen molar-refractivity contribution in [3.63, 3.8) is 0 Å². The number of ether oxygens (including phenoxy) is 2. The van der Waals surface area contributed by atoms with Crippen molar-refractivity contribution in [2.75, 3.05) is 24.1 Å². The van der Waals surface area contributed by atoms with Crippen LogP contribution in [0.4, 0.5) is 5.69 Å². The van der Waals surface area contributed by atoms with Crippen LogP contribution >= 0.6 is 0 Å². The largest absolute Gasteiger partial charge is 0.486 e. The lowest BCUT2D eigenvalue weighted by Gasteiger charge is -2.22. The molecular formula is C22H20N2O5S. The molecule has 1 amide bonds. The van der Waals surface area contributed by atoms with Gasteiger partial charge in [0, 0.05) is 5.39 Å². The summed E-state index contributed by atoms with van der Waals surface area (Å²) in [5, 5.41) is 4.38. The number of nitrogens with zero attached hydrogens (tertiary/aromatic N) is 1. The van der Waals surface area contributed by atoms with E-state index in [-0.39, 0.29) is 23.4 Å². The molecule has 30 heavy (non-hydrogen) atoms. The summed E-state index contributed by atoms with van der Waals surface area (Å²) < 4.78 is 38.4. The fraction of sp³-hybridized carbons (Fsp3) is 0.227. The molecule has 1 N–H and O–H groups in total. The van der Waals surface area contributed by atoms with Crippen LogP contribution in [0.1, 0.15) is 18.5 Å². The molecule has 8 heteroatoms. The van der Waals surface area contributed by atoms with Crippen molar-refractivity contribution in [2.24, 2.45) is 0 Å². The highest BCUT2D eigenvalue weighted by atomic mass is 32.2. The SMILES string of the molecule is C[C@@H](NC(=O)CN1c2cccc3cccc(c23)S1(=O)=O)c1ccc2c(c1)OCCO2. The molecule has 0 bridgehead atoms. The molecule has 0 unspecified atom stereocenters. The normalized spacial score (nSPS) is 17.0. The van der Waals surface area contributed by atoms with Gasteiger partial charge in [-0.2, -0.15) is 0 Å². The standard InChI is InChI=1S/C22H20N2O5S/c1-14(16-8-9-18-19(12-16)29-11-10-28-18)23-21(25)13-24-17-6-2-4-15-5-3-7-20(22(15)17)30(24,26)27/h2-9,12,14H,10-11,13H2,1H3,(H,23,25)/t14-/m1/s1. The maximum absolute atomic E-state index is 13.0. The van der Waals surface area contributed by atoms with E-state index in [2.05, 4.69) is 5.32 Å². The number of rotatable bonds is 4. The Kier molecular flexibility index (Phi) is 4.32. The topological polar surface area (TPSA) is 84.9 Å². The van der Waals surface area contributed by atoms with Crippen LogP contribution in [0.5, 0.6) is 11.5 Å². The Morgan fingerprint density at radius 1 is 1.07 bits per heavy atom. The molecule has 3 aromatic carbocycles. The van der Waals surface area contributed by atoms with Gasteiger partial charge < -0.3 is 14.8 Å². The zero-order valence-corrected chi connectivity index (χ0v) is 17.1. The van der Waals surface area contributed by atoms with E-state index < -0.39 is 10.0 Å². The van der Waals surface area contributed by atoms with Gasteiger partial charge in [-0.3, -0.25) is 9.10 Å². The minimum atomic E-state index is -3.77. The van der Waals surface area contributed by atoms with Gasteiger partial charge in [0.2, 0.25) is 5.91 Å². The number of carbonyl (C=O) groups excluding carboxylic acids is 1. The van der Waals surface area contributed by atoms with Crippen LogP contribution in [0, 0.1) is 0 Å². The third-order valence-electron chi connectivity index (χ3n) is 5.41. The van der Waals surface area contributed by atoms with Gasteiger partial charge in [-0.15, -0.1) is 0 Å². The molecule has 0 saturated carbocycles. The first-order valence-electron chi connectivity index (χ1n) is 9.68. The summed E-state index contributed by atoms with van der Waals surface area (Å²) in [6.45, 7) is 2.55. The molecule has 0 saturated heterocycles. The van der Waals surface area contributed by atoms with Gasteiger partial charge in [-0.1, -0.05) is 30.3 Å². The zero-order chi connectivity index (χ0) is 20.9. The molecule has 0 spiro atoms. The van der Waals surface area contributed by atoms with Gasteiger partial charge >= 0.3 is 0 Å². The Hall–Kier alpha value is -3.26. The third kappa shape index (κ3) is 2.95. The van der Waals surface area contributed by atoms with Crippen molar-refractivity contribution in [2.45, 2.75) is 17.9 Å². The fourth-order valence-corrected chi connectivity index (χ4v) is 5.63. The highest BCUT2D eigenvalue weighted by Crippen LogP contribution is 2.41. The molecule has 154 valence electrons. The molecular weight excluding hydrogens is 404 g/mol. The van der Waals surface area contributed by atoms with Crippen LogP contribution in [-0.2, 0) is 14.8 Å². The number of benzene rings is 3. The monoisotopic (exact) mass is 424 g/mol. The number of anilines is 1. The Labute approximate surface area is 174 Å². The van der Waals surface area contributed by atoms with Gasteiger partial charge in [-0.25, -0.2) is 8.42 Å². The minimum absolute atomic E-state index is 0.239. The Balaban J connectivity index is 1.37. The van der Waals surface area contributed by atoms with Crippen LogP contribution in [0.2, 0.25) is 0 Å². The smallest absolute Gasteiger partial charge is 0.265 e. The minimum Gasteiger partial charge on any atom is -0.486 e. The quantitative estimate of drug-likeness (QED) is 0.696. The van der Waals surface area contributed by atoms with Gasteiger partial charge in [0.15, 0.2) is 11.5 Å². The average Bonchev–Trinajstić information content (AvgIpc) is 2.96. The fourth-order valence-electron chi connectivity index (χ4n) is 3.96. The van der Waals surface area contributed by atoms with E-state index >= 15 is 0 Å². The van der Waals surface area contributed by atoms with Crippen LogP contribution in [0.25, 0.3) is 10.8 Å².